The molecule has 0 saturated carbocycles. The number of rotatable bonds is 10. The molecule has 2 rings (SSSR count). The van der Waals surface area contributed by atoms with Crippen molar-refractivity contribution in [3.63, 3.8) is 0 Å². The van der Waals surface area contributed by atoms with Crippen LogP contribution in [-0.4, -0.2) is 24.8 Å². The summed E-state index contributed by atoms with van der Waals surface area (Å²) < 4.78 is 30.5. The molecule has 0 aliphatic rings. The van der Waals surface area contributed by atoms with Gasteiger partial charge in [0.15, 0.2) is 5.78 Å². The molecule has 0 aliphatic carbocycles. The van der Waals surface area contributed by atoms with Gasteiger partial charge in [-0.25, -0.2) is 4.79 Å². The van der Waals surface area contributed by atoms with Gasteiger partial charge in [-0.15, -0.1) is 0 Å². The molecule has 0 fully saturated rings. The lowest BCUT2D eigenvalue weighted by molar-refractivity contribution is 0.0526. The molecular formula is C22H30NO5P. The molecule has 2 aromatic carbocycles. The van der Waals surface area contributed by atoms with Crippen LogP contribution in [0.25, 0.3) is 0 Å². The first-order valence-corrected chi connectivity index (χ1v) is 11.4. The second-order valence-corrected chi connectivity index (χ2v) is 9.12. The van der Waals surface area contributed by atoms with Gasteiger partial charge in [0.2, 0.25) is 0 Å². The predicted molar refractivity (Wildman–Crippen MR) is 115 cm³/mol. The molecule has 0 amide bonds. The zero-order valence-corrected chi connectivity index (χ0v) is 18.5. The van der Waals surface area contributed by atoms with E-state index in [4.69, 9.17) is 13.8 Å². The van der Waals surface area contributed by atoms with Crippen LogP contribution in [0.4, 0.5) is 5.69 Å². The lowest BCUT2D eigenvalue weighted by Gasteiger charge is -2.31. The standard InChI is InChI=1S/C22H30NO5P/c1-6-26-22(24)19-12-14-20(15-13-19)23-21(18-10-8-7-9-11-18)29(25,27-16(2)3)28-17(4)5/h7-17,21,23H,6H2,1-5H3. The Morgan fingerprint density at radius 3 is 1.97 bits per heavy atom. The molecule has 6 nitrogen and oxygen atoms in total. The van der Waals surface area contributed by atoms with Gasteiger partial charge in [-0.05, 0) is 64.4 Å². The van der Waals surface area contributed by atoms with E-state index in [2.05, 4.69) is 5.32 Å². The highest BCUT2D eigenvalue weighted by molar-refractivity contribution is 7.54. The zero-order chi connectivity index (χ0) is 21.4. The Hall–Kier alpha value is -2.14. The smallest absolute Gasteiger partial charge is 0.357 e. The van der Waals surface area contributed by atoms with E-state index in [0.29, 0.717) is 17.9 Å². The number of hydrogen-bond acceptors (Lipinski definition) is 6. The maximum Gasteiger partial charge on any atom is 0.357 e. The van der Waals surface area contributed by atoms with E-state index in [1.807, 2.05) is 58.0 Å². The van der Waals surface area contributed by atoms with E-state index in [1.54, 1.807) is 31.2 Å². The van der Waals surface area contributed by atoms with Crippen LogP contribution >= 0.6 is 7.60 Å². The van der Waals surface area contributed by atoms with Gasteiger partial charge in [0.1, 0.15) is 0 Å². The molecule has 0 aromatic heterocycles. The predicted octanol–water partition coefficient (Wildman–Crippen LogP) is 6.02. The van der Waals surface area contributed by atoms with Crippen molar-refractivity contribution in [2.24, 2.45) is 0 Å². The molecule has 0 aliphatic heterocycles. The molecule has 0 saturated heterocycles. The van der Waals surface area contributed by atoms with E-state index in [1.165, 1.54) is 0 Å². The van der Waals surface area contributed by atoms with Crippen LogP contribution in [-0.2, 0) is 18.3 Å². The van der Waals surface area contributed by atoms with Gasteiger partial charge in [-0.3, -0.25) is 4.57 Å². The SMILES string of the molecule is CCOC(=O)c1ccc(NC(c2ccccc2)P(=O)(OC(C)C)OC(C)C)cc1. The lowest BCUT2D eigenvalue weighted by Crippen LogP contribution is -2.19. The van der Waals surface area contributed by atoms with Crippen LogP contribution in [0.2, 0.25) is 0 Å². The molecule has 0 heterocycles. The average Bonchev–Trinajstić information content (AvgIpc) is 2.66. The third kappa shape index (κ3) is 6.70. The van der Waals surface area contributed by atoms with Gasteiger partial charge in [-0.1, -0.05) is 30.3 Å². The minimum Gasteiger partial charge on any atom is -0.462 e. The summed E-state index contributed by atoms with van der Waals surface area (Å²) in [5.74, 6) is -1.09. The van der Waals surface area contributed by atoms with Crippen molar-refractivity contribution in [3.8, 4) is 0 Å². The van der Waals surface area contributed by atoms with Crippen LogP contribution in [0.3, 0.4) is 0 Å². The number of benzene rings is 2. The Bertz CT molecular complexity index is 807. The van der Waals surface area contributed by atoms with Gasteiger partial charge < -0.3 is 19.1 Å². The maximum absolute atomic E-state index is 13.8. The van der Waals surface area contributed by atoms with Crippen LogP contribution in [0.15, 0.2) is 54.6 Å². The van der Waals surface area contributed by atoms with Crippen LogP contribution in [0.1, 0.15) is 56.3 Å². The summed E-state index contributed by atoms with van der Waals surface area (Å²) in [6, 6.07) is 16.2. The number of nitrogens with one attached hydrogen (secondary N) is 1. The molecule has 0 radical (unpaired) electrons. The molecule has 0 bridgehead atoms. The van der Waals surface area contributed by atoms with Crippen LogP contribution < -0.4 is 5.32 Å². The highest BCUT2D eigenvalue weighted by Crippen LogP contribution is 2.62. The summed E-state index contributed by atoms with van der Waals surface area (Å²) in [4.78, 5) is 11.9. The normalized spacial score (nSPS) is 12.8. The first kappa shape index (κ1) is 23.1. The summed E-state index contributed by atoms with van der Waals surface area (Å²) in [5.41, 5.74) is 1.92. The highest BCUT2D eigenvalue weighted by Gasteiger charge is 2.39. The van der Waals surface area contributed by atoms with E-state index in [9.17, 15) is 9.36 Å². The van der Waals surface area contributed by atoms with Crippen molar-refractivity contribution in [3.05, 3.63) is 65.7 Å². The Morgan fingerprint density at radius 2 is 1.48 bits per heavy atom. The Kier molecular flexibility index (Phi) is 8.45. The number of anilines is 1. The quantitative estimate of drug-likeness (QED) is 0.375. The van der Waals surface area contributed by atoms with E-state index < -0.39 is 13.4 Å². The summed E-state index contributed by atoms with van der Waals surface area (Å²) in [6.45, 7) is 9.38. The van der Waals surface area contributed by atoms with Crippen LogP contribution in [0.5, 0.6) is 0 Å². The molecule has 1 N–H and O–H groups in total. The first-order valence-electron chi connectivity index (χ1n) is 9.80. The number of ether oxygens (including phenoxy) is 1. The summed E-state index contributed by atoms with van der Waals surface area (Å²) >= 11 is 0. The number of carbonyl (C=O) groups is 1. The monoisotopic (exact) mass is 419 g/mol. The molecule has 2 aromatic rings. The van der Waals surface area contributed by atoms with Crippen molar-refractivity contribution in [2.75, 3.05) is 11.9 Å². The Morgan fingerprint density at radius 1 is 0.931 bits per heavy atom. The highest BCUT2D eigenvalue weighted by atomic mass is 31.2. The number of esters is 1. The second-order valence-electron chi connectivity index (χ2n) is 7.10. The van der Waals surface area contributed by atoms with Gasteiger partial charge in [0.05, 0.1) is 24.4 Å². The molecular weight excluding hydrogens is 389 g/mol. The van der Waals surface area contributed by atoms with Crippen molar-refractivity contribution in [2.45, 2.75) is 52.6 Å². The summed E-state index contributed by atoms with van der Waals surface area (Å²) in [7, 11) is -3.57. The molecule has 1 unspecified atom stereocenters. The molecule has 29 heavy (non-hydrogen) atoms. The van der Waals surface area contributed by atoms with Gasteiger partial charge in [0.25, 0.3) is 0 Å². The third-order valence-electron chi connectivity index (χ3n) is 3.85. The average molecular weight is 419 g/mol. The number of hydrogen-bond donors (Lipinski definition) is 1. The van der Waals surface area contributed by atoms with Crippen LogP contribution in [0, 0.1) is 0 Å². The zero-order valence-electron chi connectivity index (χ0n) is 17.6. The fourth-order valence-electron chi connectivity index (χ4n) is 2.79. The molecule has 158 valence electrons. The fourth-order valence-corrected chi connectivity index (χ4v) is 5.10. The Balaban J connectivity index is 2.38. The fraction of sp³-hybridized carbons (Fsp3) is 0.409. The molecule has 7 heteroatoms. The van der Waals surface area contributed by atoms with E-state index >= 15 is 0 Å². The second kappa shape index (κ2) is 10.6. The first-order chi connectivity index (χ1) is 13.7. The Labute approximate surface area is 173 Å². The third-order valence-corrected chi connectivity index (χ3v) is 6.34. The summed E-state index contributed by atoms with van der Waals surface area (Å²) in [6.07, 6.45) is -0.558. The van der Waals surface area contributed by atoms with Crippen molar-refractivity contribution in [1.82, 2.24) is 0 Å². The van der Waals surface area contributed by atoms with Gasteiger partial charge in [-0.2, -0.15) is 0 Å². The van der Waals surface area contributed by atoms with E-state index in [0.717, 1.165) is 5.56 Å². The van der Waals surface area contributed by atoms with Gasteiger partial charge in [0, 0.05) is 5.69 Å². The summed E-state index contributed by atoms with van der Waals surface area (Å²) in [5, 5.41) is 3.28. The minimum atomic E-state index is -3.57. The topological polar surface area (TPSA) is 73.9 Å². The van der Waals surface area contributed by atoms with Crippen molar-refractivity contribution >= 4 is 19.3 Å². The lowest BCUT2D eigenvalue weighted by atomic mass is 10.2. The van der Waals surface area contributed by atoms with Gasteiger partial charge >= 0.3 is 13.6 Å². The number of carbonyl (C=O) groups excluding carboxylic acids is 1. The maximum atomic E-state index is 13.8. The van der Waals surface area contributed by atoms with Crippen molar-refractivity contribution in [1.29, 1.82) is 0 Å². The molecule has 0 spiro atoms. The molecule has 1 atom stereocenters. The van der Waals surface area contributed by atoms with E-state index in [-0.39, 0.29) is 18.2 Å². The largest absolute Gasteiger partial charge is 0.462 e. The van der Waals surface area contributed by atoms with Crippen molar-refractivity contribution < 1.29 is 23.1 Å². The minimum absolute atomic E-state index is 0.279.